The average Bonchev–Trinajstić information content (AvgIpc) is 2.27. The monoisotopic (exact) mass is 238 g/mol. The van der Waals surface area contributed by atoms with Crippen LogP contribution in [0.25, 0.3) is 10.8 Å². The highest BCUT2D eigenvalue weighted by Crippen LogP contribution is 2.21. The summed E-state index contributed by atoms with van der Waals surface area (Å²) in [6.07, 6.45) is -3.65. The van der Waals surface area contributed by atoms with E-state index in [2.05, 4.69) is 0 Å². The number of ether oxygens (including phenoxy) is 1. The fraction of sp³-hybridized carbons (Fsp3) is 0.0769. The maximum absolute atomic E-state index is 11.8. The van der Waals surface area contributed by atoms with Crippen molar-refractivity contribution < 1.29 is 17.9 Å². The van der Waals surface area contributed by atoms with E-state index < -0.39 is 6.18 Å². The third kappa shape index (κ3) is 3.24. The van der Waals surface area contributed by atoms with Gasteiger partial charge in [-0.2, -0.15) is 13.2 Å². The van der Waals surface area contributed by atoms with Gasteiger partial charge in [0.15, 0.2) is 0 Å². The fourth-order valence-electron chi connectivity index (χ4n) is 1.43. The van der Waals surface area contributed by atoms with Crippen LogP contribution in [0.1, 0.15) is 0 Å². The van der Waals surface area contributed by atoms with E-state index in [1.807, 2.05) is 24.3 Å². The van der Waals surface area contributed by atoms with Crippen molar-refractivity contribution in [2.75, 3.05) is 0 Å². The van der Waals surface area contributed by atoms with E-state index in [-0.39, 0.29) is 6.08 Å². The first-order chi connectivity index (χ1) is 8.04. The second-order valence-electron chi connectivity index (χ2n) is 3.47. The van der Waals surface area contributed by atoms with Crippen LogP contribution in [0.15, 0.2) is 54.8 Å². The number of fused-ring (bicyclic) bond motifs is 1. The number of benzene rings is 2. The van der Waals surface area contributed by atoms with Gasteiger partial charge in [0.25, 0.3) is 0 Å². The van der Waals surface area contributed by atoms with Gasteiger partial charge in [-0.15, -0.1) is 0 Å². The Morgan fingerprint density at radius 1 is 0.941 bits per heavy atom. The van der Waals surface area contributed by atoms with Crippen LogP contribution >= 0.6 is 0 Å². The second kappa shape index (κ2) is 4.49. The van der Waals surface area contributed by atoms with Crippen molar-refractivity contribution in [1.82, 2.24) is 0 Å². The second-order valence-corrected chi connectivity index (χ2v) is 3.47. The van der Waals surface area contributed by atoms with E-state index in [1.54, 1.807) is 18.2 Å². The van der Waals surface area contributed by atoms with Crippen molar-refractivity contribution in [3.8, 4) is 5.75 Å². The summed E-state index contributed by atoms with van der Waals surface area (Å²) in [5.41, 5.74) is 0. The van der Waals surface area contributed by atoms with Gasteiger partial charge >= 0.3 is 6.18 Å². The lowest BCUT2D eigenvalue weighted by Gasteiger charge is -2.03. The molecule has 0 aliphatic rings. The van der Waals surface area contributed by atoms with Crippen LogP contribution in [-0.2, 0) is 0 Å². The molecule has 0 saturated carbocycles. The molecule has 0 radical (unpaired) electrons. The van der Waals surface area contributed by atoms with Gasteiger partial charge in [-0.25, -0.2) is 0 Å². The van der Waals surface area contributed by atoms with E-state index >= 15 is 0 Å². The molecule has 0 aliphatic carbocycles. The smallest absolute Gasteiger partial charge is 0.412 e. The highest BCUT2D eigenvalue weighted by atomic mass is 19.4. The van der Waals surface area contributed by atoms with Gasteiger partial charge in [0.05, 0.1) is 12.3 Å². The average molecular weight is 238 g/mol. The molecule has 2 rings (SSSR count). The summed E-state index contributed by atoms with van der Waals surface area (Å²) < 4.78 is 40.4. The molecule has 0 unspecified atom stereocenters. The molecule has 2 aromatic carbocycles. The summed E-state index contributed by atoms with van der Waals surface area (Å²) in [7, 11) is 0. The predicted molar refractivity (Wildman–Crippen MR) is 59.8 cm³/mol. The summed E-state index contributed by atoms with van der Waals surface area (Å²) in [4.78, 5) is 0. The number of allylic oxidation sites excluding steroid dienone is 1. The minimum atomic E-state index is -4.35. The molecule has 17 heavy (non-hydrogen) atoms. The summed E-state index contributed by atoms with van der Waals surface area (Å²) in [6, 6.07) is 12.7. The molecule has 0 atom stereocenters. The minimum Gasteiger partial charge on any atom is -0.465 e. The lowest BCUT2D eigenvalue weighted by atomic mass is 10.1. The van der Waals surface area contributed by atoms with Gasteiger partial charge in [-0.3, -0.25) is 0 Å². The molecule has 0 heterocycles. The van der Waals surface area contributed by atoms with Crippen molar-refractivity contribution in [3.05, 3.63) is 54.8 Å². The van der Waals surface area contributed by atoms with Crippen molar-refractivity contribution >= 4 is 10.8 Å². The molecule has 0 aromatic heterocycles. The maximum Gasteiger partial charge on any atom is 0.412 e. The van der Waals surface area contributed by atoms with E-state index in [0.717, 1.165) is 10.8 Å². The highest BCUT2D eigenvalue weighted by Gasteiger charge is 2.22. The van der Waals surface area contributed by atoms with Gasteiger partial charge in [0.1, 0.15) is 5.75 Å². The Kier molecular flexibility index (Phi) is 3.04. The van der Waals surface area contributed by atoms with Crippen LogP contribution in [0.5, 0.6) is 5.75 Å². The van der Waals surface area contributed by atoms with Gasteiger partial charge in [-0.1, -0.05) is 30.3 Å². The predicted octanol–water partition coefficient (Wildman–Crippen LogP) is 4.29. The summed E-state index contributed by atoms with van der Waals surface area (Å²) in [5.74, 6) is 0.379. The molecule has 0 spiro atoms. The Morgan fingerprint density at radius 2 is 1.65 bits per heavy atom. The Bertz CT molecular complexity index is 544. The third-order valence-electron chi connectivity index (χ3n) is 2.18. The third-order valence-corrected chi connectivity index (χ3v) is 2.18. The van der Waals surface area contributed by atoms with Gasteiger partial charge < -0.3 is 4.74 Å². The van der Waals surface area contributed by atoms with Gasteiger partial charge in [-0.05, 0) is 22.9 Å². The lowest BCUT2D eigenvalue weighted by Crippen LogP contribution is -2.01. The number of hydrogen-bond acceptors (Lipinski definition) is 1. The van der Waals surface area contributed by atoms with E-state index in [1.165, 1.54) is 0 Å². The zero-order valence-electron chi connectivity index (χ0n) is 8.74. The first-order valence-electron chi connectivity index (χ1n) is 4.94. The standard InChI is InChI=1S/C13H9F3O/c14-13(15,16)7-8-17-12-6-5-10-3-1-2-4-11(10)9-12/h1-9H/b8-7-. The first kappa shape index (κ1) is 11.5. The Balaban J connectivity index is 2.17. The van der Waals surface area contributed by atoms with Crippen molar-refractivity contribution in [2.45, 2.75) is 6.18 Å². The zero-order chi connectivity index (χ0) is 12.3. The largest absolute Gasteiger partial charge is 0.465 e. The number of alkyl halides is 3. The van der Waals surface area contributed by atoms with E-state index in [0.29, 0.717) is 12.0 Å². The Morgan fingerprint density at radius 3 is 2.35 bits per heavy atom. The van der Waals surface area contributed by atoms with E-state index in [9.17, 15) is 13.2 Å². The van der Waals surface area contributed by atoms with Crippen LogP contribution in [-0.4, -0.2) is 6.18 Å². The number of halogens is 3. The normalized spacial score (nSPS) is 12.2. The molecule has 0 amide bonds. The van der Waals surface area contributed by atoms with Crippen LogP contribution in [0.4, 0.5) is 13.2 Å². The molecule has 0 fully saturated rings. The van der Waals surface area contributed by atoms with E-state index in [4.69, 9.17) is 4.74 Å². The van der Waals surface area contributed by atoms with Crippen LogP contribution in [0, 0.1) is 0 Å². The highest BCUT2D eigenvalue weighted by molar-refractivity contribution is 5.83. The zero-order valence-corrected chi connectivity index (χ0v) is 8.74. The molecule has 0 aliphatic heterocycles. The summed E-state index contributed by atoms with van der Waals surface area (Å²) in [6.45, 7) is 0. The molecule has 88 valence electrons. The Labute approximate surface area is 96.1 Å². The van der Waals surface area contributed by atoms with Gasteiger partial charge in [0.2, 0.25) is 0 Å². The topological polar surface area (TPSA) is 9.23 Å². The molecule has 0 N–H and O–H groups in total. The minimum absolute atomic E-state index is 0.0577. The SMILES string of the molecule is FC(F)(F)/C=C\Oc1ccc2ccccc2c1. The summed E-state index contributed by atoms with van der Waals surface area (Å²) in [5, 5.41) is 1.94. The molecule has 2 aromatic rings. The molecule has 1 nitrogen and oxygen atoms in total. The Hall–Kier alpha value is -1.97. The van der Waals surface area contributed by atoms with Crippen molar-refractivity contribution in [2.24, 2.45) is 0 Å². The maximum atomic E-state index is 11.8. The molecular weight excluding hydrogens is 229 g/mol. The molecule has 0 saturated heterocycles. The van der Waals surface area contributed by atoms with Crippen LogP contribution in [0.3, 0.4) is 0 Å². The van der Waals surface area contributed by atoms with Crippen LogP contribution < -0.4 is 4.74 Å². The lowest BCUT2D eigenvalue weighted by molar-refractivity contribution is -0.0809. The van der Waals surface area contributed by atoms with Crippen molar-refractivity contribution in [3.63, 3.8) is 0 Å². The van der Waals surface area contributed by atoms with Crippen LogP contribution in [0.2, 0.25) is 0 Å². The van der Waals surface area contributed by atoms with Gasteiger partial charge in [0, 0.05) is 0 Å². The number of rotatable bonds is 2. The quantitative estimate of drug-likeness (QED) is 0.709. The molecule has 0 bridgehead atoms. The molecular formula is C13H9F3O. The summed E-state index contributed by atoms with van der Waals surface area (Å²) >= 11 is 0. The number of hydrogen-bond donors (Lipinski definition) is 0. The van der Waals surface area contributed by atoms with Crippen molar-refractivity contribution in [1.29, 1.82) is 0 Å². The first-order valence-corrected chi connectivity index (χ1v) is 4.94. The fourth-order valence-corrected chi connectivity index (χ4v) is 1.43. The molecule has 4 heteroatoms.